The maximum Gasteiger partial charge on any atom is 0.337 e. The SMILES string of the molecule is O=C(O)c1ccc(=O)n(-c2ccc(Cl)c(Br)c2)c1. The lowest BCUT2D eigenvalue weighted by Gasteiger charge is -2.07. The first-order chi connectivity index (χ1) is 8.49. The van der Waals surface area contributed by atoms with Crippen LogP contribution in [-0.4, -0.2) is 15.6 Å². The molecule has 1 aromatic carbocycles. The molecule has 0 bridgehead atoms. The second kappa shape index (κ2) is 4.96. The van der Waals surface area contributed by atoms with E-state index in [1.165, 1.54) is 22.9 Å². The number of carboxylic acid groups (broad SMARTS) is 1. The van der Waals surface area contributed by atoms with E-state index in [9.17, 15) is 9.59 Å². The number of hydrogen-bond acceptors (Lipinski definition) is 2. The third-order valence-electron chi connectivity index (χ3n) is 2.34. The average Bonchev–Trinajstić information content (AvgIpc) is 2.33. The van der Waals surface area contributed by atoms with Crippen LogP contribution in [0.2, 0.25) is 5.02 Å². The van der Waals surface area contributed by atoms with E-state index >= 15 is 0 Å². The number of hydrogen-bond donors (Lipinski definition) is 1. The number of pyridine rings is 1. The fraction of sp³-hybridized carbons (Fsp3) is 0. The van der Waals surface area contributed by atoms with Gasteiger partial charge in [-0.05, 0) is 40.2 Å². The molecule has 4 nitrogen and oxygen atoms in total. The summed E-state index contributed by atoms with van der Waals surface area (Å²) in [6, 6.07) is 7.40. The summed E-state index contributed by atoms with van der Waals surface area (Å²) in [6.45, 7) is 0. The molecule has 6 heteroatoms. The van der Waals surface area contributed by atoms with Crippen LogP contribution in [0.3, 0.4) is 0 Å². The molecule has 0 spiro atoms. The van der Waals surface area contributed by atoms with Crippen molar-refractivity contribution in [1.29, 1.82) is 0 Å². The van der Waals surface area contributed by atoms with Crippen molar-refractivity contribution in [2.45, 2.75) is 0 Å². The van der Waals surface area contributed by atoms with Crippen LogP contribution in [0, 0.1) is 0 Å². The third-order valence-corrected chi connectivity index (χ3v) is 3.55. The molecule has 0 aliphatic rings. The quantitative estimate of drug-likeness (QED) is 0.922. The fourth-order valence-electron chi connectivity index (χ4n) is 1.45. The van der Waals surface area contributed by atoms with Crippen molar-refractivity contribution < 1.29 is 9.90 Å². The van der Waals surface area contributed by atoms with E-state index in [1.54, 1.807) is 18.2 Å². The maximum absolute atomic E-state index is 11.7. The number of halogens is 2. The Morgan fingerprint density at radius 1 is 1.28 bits per heavy atom. The molecule has 92 valence electrons. The minimum absolute atomic E-state index is 0.0423. The molecule has 1 heterocycles. The lowest BCUT2D eigenvalue weighted by molar-refractivity contribution is 0.0696. The van der Waals surface area contributed by atoms with Gasteiger partial charge in [0.2, 0.25) is 0 Å². The lowest BCUT2D eigenvalue weighted by atomic mass is 10.2. The van der Waals surface area contributed by atoms with Gasteiger partial charge in [0.15, 0.2) is 0 Å². The van der Waals surface area contributed by atoms with E-state index in [0.29, 0.717) is 15.2 Å². The third kappa shape index (κ3) is 2.47. The molecule has 0 aliphatic heterocycles. The van der Waals surface area contributed by atoms with Crippen molar-refractivity contribution in [1.82, 2.24) is 4.57 Å². The van der Waals surface area contributed by atoms with Gasteiger partial charge in [0.25, 0.3) is 5.56 Å². The predicted octanol–water partition coefficient (Wildman–Crippen LogP) is 2.95. The molecule has 2 aromatic rings. The zero-order valence-electron chi connectivity index (χ0n) is 8.93. The molecule has 2 rings (SSSR count). The Kier molecular flexibility index (Phi) is 3.54. The van der Waals surface area contributed by atoms with Gasteiger partial charge in [0, 0.05) is 22.4 Å². The van der Waals surface area contributed by atoms with E-state index < -0.39 is 5.97 Å². The van der Waals surface area contributed by atoms with Gasteiger partial charge in [-0.15, -0.1) is 0 Å². The largest absolute Gasteiger partial charge is 0.478 e. The summed E-state index contributed by atoms with van der Waals surface area (Å²) in [5, 5.41) is 9.42. The average molecular weight is 329 g/mol. The zero-order chi connectivity index (χ0) is 13.3. The molecule has 1 aromatic heterocycles. The Hall–Kier alpha value is -1.59. The molecule has 0 unspecified atom stereocenters. The standard InChI is InChI=1S/C12H7BrClNO3/c13-9-5-8(2-3-10(9)14)15-6-7(12(17)18)1-4-11(15)16/h1-6H,(H,17,18). The van der Waals surface area contributed by atoms with E-state index in [1.807, 2.05) is 0 Å². The smallest absolute Gasteiger partial charge is 0.337 e. The molecule has 0 saturated carbocycles. The monoisotopic (exact) mass is 327 g/mol. The number of rotatable bonds is 2. The Labute approximate surface area is 116 Å². The van der Waals surface area contributed by atoms with Crippen molar-refractivity contribution in [3.05, 3.63) is 61.9 Å². The van der Waals surface area contributed by atoms with E-state index in [-0.39, 0.29) is 11.1 Å². The first-order valence-corrected chi connectivity index (χ1v) is 6.07. The van der Waals surface area contributed by atoms with Gasteiger partial charge in [-0.1, -0.05) is 11.6 Å². The van der Waals surface area contributed by atoms with Crippen LogP contribution in [0.25, 0.3) is 5.69 Å². The Morgan fingerprint density at radius 3 is 2.61 bits per heavy atom. The van der Waals surface area contributed by atoms with Crippen LogP contribution in [0.4, 0.5) is 0 Å². The molecule has 0 amide bonds. The summed E-state index contributed by atoms with van der Waals surface area (Å²) < 4.78 is 1.89. The topological polar surface area (TPSA) is 59.3 Å². The normalized spacial score (nSPS) is 10.3. The van der Waals surface area contributed by atoms with E-state index in [4.69, 9.17) is 16.7 Å². The number of aromatic carboxylic acids is 1. The molecule has 0 radical (unpaired) electrons. The molecule has 0 saturated heterocycles. The summed E-state index contributed by atoms with van der Waals surface area (Å²) in [5.41, 5.74) is 0.272. The maximum atomic E-state index is 11.7. The molecule has 0 fully saturated rings. The van der Waals surface area contributed by atoms with Crippen molar-refractivity contribution in [2.75, 3.05) is 0 Å². The van der Waals surface area contributed by atoms with Gasteiger partial charge in [-0.2, -0.15) is 0 Å². The summed E-state index contributed by atoms with van der Waals surface area (Å²) >= 11 is 9.11. The number of nitrogens with zero attached hydrogens (tertiary/aromatic N) is 1. The molecular weight excluding hydrogens is 321 g/mol. The van der Waals surface area contributed by atoms with E-state index in [0.717, 1.165) is 0 Å². The molecule has 0 atom stereocenters. The molecular formula is C12H7BrClNO3. The Morgan fingerprint density at radius 2 is 2.00 bits per heavy atom. The first-order valence-electron chi connectivity index (χ1n) is 4.90. The van der Waals surface area contributed by atoms with Gasteiger partial charge in [-0.25, -0.2) is 4.79 Å². The van der Waals surface area contributed by atoms with Crippen molar-refractivity contribution in [2.24, 2.45) is 0 Å². The van der Waals surface area contributed by atoms with Crippen LogP contribution >= 0.6 is 27.5 Å². The predicted molar refractivity (Wildman–Crippen MR) is 71.7 cm³/mol. The molecule has 0 aliphatic carbocycles. The highest BCUT2D eigenvalue weighted by Crippen LogP contribution is 2.24. The lowest BCUT2D eigenvalue weighted by Crippen LogP contribution is -2.18. The van der Waals surface area contributed by atoms with Crippen molar-refractivity contribution in [3.8, 4) is 5.69 Å². The minimum atomic E-state index is -1.09. The second-order valence-electron chi connectivity index (χ2n) is 3.53. The number of carboxylic acids is 1. The molecule has 1 N–H and O–H groups in total. The Bertz CT molecular complexity index is 681. The van der Waals surface area contributed by atoms with Crippen molar-refractivity contribution >= 4 is 33.5 Å². The van der Waals surface area contributed by atoms with Crippen molar-refractivity contribution in [3.63, 3.8) is 0 Å². The van der Waals surface area contributed by atoms with Gasteiger partial charge in [-0.3, -0.25) is 9.36 Å². The number of benzene rings is 1. The summed E-state index contributed by atoms with van der Waals surface area (Å²) in [4.78, 5) is 22.6. The highest BCUT2D eigenvalue weighted by Gasteiger charge is 2.07. The van der Waals surface area contributed by atoms with Crippen LogP contribution in [0.15, 0.2) is 45.8 Å². The van der Waals surface area contributed by atoms with Gasteiger partial charge < -0.3 is 5.11 Å². The van der Waals surface area contributed by atoms with Crippen LogP contribution in [-0.2, 0) is 0 Å². The highest BCUT2D eigenvalue weighted by atomic mass is 79.9. The number of aromatic nitrogens is 1. The van der Waals surface area contributed by atoms with Crippen LogP contribution < -0.4 is 5.56 Å². The fourth-order valence-corrected chi connectivity index (χ4v) is 1.93. The van der Waals surface area contributed by atoms with Gasteiger partial charge in [0.1, 0.15) is 0 Å². The summed E-state index contributed by atoms with van der Waals surface area (Å²) in [6.07, 6.45) is 1.28. The molecule has 18 heavy (non-hydrogen) atoms. The van der Waals surface area contributed by atoms with Gasteiger partial charge in [0.05, 0.1) is 10.6 Å². The second-order valence-corrected chi connectivity index (χ2v) is 4.79. The Balaban J connectivity index is 2.62. The van der Waals surface area contributed by atoms with Crippen LogP contribution in [0.1, 0.15) is 10.4 Å². The van der Waals surface area contributed by atoms with Crippen LogP contribution in [0.5, 0.6) is 0 Å². The zero-order valence-corrected chi connectivity index (χ0v) is 11.3. The first kappa shape index (κ1) is 12.9. The van der Waals surface area contributed by atoms with E-state index in [2.05, 4.69) is 15.9 Å². The summed E-state index contributed by atoms with van der Waals surface area (Å²) in [5.74, 6) is -1.09. The minimum Gasteiger partial charge on any atom is -0.478 e. The highest BCUT2D eigenvalue weighted by molar-refractivity contribution is 9.10. The number of carbonyl (C=O) groups is 1. The summed E-state index contributed by atoms with van der Waals surface area (Å²) in [7, 11) is 0. The van der Waals surface area contributed by atoms with Gasteiger partial charge >= 0.3 is 5.97 Å².